The Labute approximate surface area is 618 Å². The fourth-order valence-corrected chi connectivity index (χ4v) is 11.4. The molecule has 13 aromatic rings. The van der Waals surface area contributed by atoms with Gasteiger partial charge in [0, 0.05) is 194 Å². The molecule has 0 saturated carbocycles. The van der Waals surface area contributed by atoms with Gasteiger partial charge in [0.05, 0.1) is 47.4 Å². The van der Waals surface area contributed by atoms with E-state index in [2.05, 4.69) is 99.8 Å². The summed E-state index contributed by atoms with van der Waals surface area (Å²) in [6.07, 6.45) is 20.8. The number of H-pyrrole nitrogens is 1. The number of nitrogens with one attached hydrogen (secondary N) is 2. The SMILES string of the molecule is CC(=O)Cc1ccc(-c2cccc(C)n2)cc1.Cc1cccc(-c2cnc(-c3ccccc3)nc2)n1.Cc1cccc(-c2cnc(=O)[nH]c2)n1.Cc1cccc(-c2cnc(N3CCCC3)nc2)n1.Cc1cccc(-c2cnc(N3CCNCC3)nc2)n1.Cc1cccc(-c2cnc(N3CCOCC3)nc2)n1. The van der Waals surface area contributed by atoms with Crippen molar-refractivity contribution in [2.45, 2.75) is 67.7 Å². The minimum absolute atomic E-state index is 0.187. The van der Waals surface area contributed by atoms with Crippen LogP contribution in [0.1, 0.15) is 59.5 Å². The normalized spacial score (nSPS) is 13.0. The van der Waals surface area contributed by atoms with Crippen molar-refractivity contribution in [1.82, 2.24) is 85.1 Å². The average Bonchev–Trinajstić information content (AvgIpc) is 1.29. The molecular weight excluding hydrogens is 1330 g/mol. The molecule has 3 fully saturated rings. The number of hydrogen-bond acceptors (Lipinski definition) is 22. The molecular formula is C83H86N20O3. The zero-order chi connectivity index (χ0) is 73.8. The Hall–Kier alpha value is -12.5. The molecule has 0 bridgehead atoms. The number of anilines is 3. The van der Waals surface area contributed by atoms with E-state index in [-0.39, 0.29) is 11.5 Å². The van der Waals surface area contributed by atoms with Crippen LogP contribution < -0.4 is 25.7 Å². The Morgan fingerprint density at radius 1 is 0.358 bits per heavy atom. The number of morpholine rings is 1. The maximum Gasteiger partial charge on any atom is 0.344 e. The third-order valence-corrected chi connectivity index (χ3v) is 16.9. The third-order valence-electron chi connectivity index (χ3n) is 16.9. The van der Waals surface area contributed by atoms with Crippen LogP contribution in [0.15, 0.2) is 231 Å². The first-order valence-corrected chi connectivity index (χ1v) is 35.4. The van der Waals surface area contributed by atoms with Gasteiger partial charge in [0.1, 0.15) is 5.78 Å². The number of ketones is 1. The van der Waals surface area contributed by atoms with Crippen LogP contribution in [0.25, 0.3) is 78.9 Å². The molecule has 106 heavy (non-hydrogen) atoms. The van der Waals surface area contributed by atoms with Crippen molar-refractivity contribution < 1.29 is 9.53 Å². The molecule has 3 aliphatic rings. The highest BCUT2D eigenvalue weighted by Crippen LogP contribution is 2.25. The molecule has 16 rings (SSSR count). The standard InChI is InChI=1S/C16H13N3.C15H15NO.C14H17N5.C14H16N4O.C14H16N4.C10H9N3O/c1-12-6-5-9-15(19-12)14-10-17-16(18-11-14)13-7-3-2-4-8-13;1-11-4-3-5-15(16-11)14-8-6-13(7-9-14)10-12(2)17;1-11-3-2-4-13(18-11)12-9-16-14(17-10-12)19-7-5-15-6-8-19;1-11-3-2-4-13(17-11)12-9-15-14(16-10-12)18-5-7-19-8-6-18;1-11-5-4-6-13(17-11)12-9-15-14(16-10-12)18-7-2-3-8-18;1-7-3-2-4-9(13-7)8-5-11-10(14)12-6-8/h2-11H,1H3;3-9H,10H2,1-2H3;2-4,9-10,15H,5-8H2,1H3;2-4,9-10H,5-8H2,1H3;4-6,9-10H,2-3,7-8H2,1H3;2-6H,1H3,(H,11,12,14). The smallest absolute Gasteiger partial charge is 0.344 e. The van der Waals surface area contributed by atoms with Gasteiger partial charge < -0.3 is 29.7 Å². The summed E-state index contributed by atoms with van der Waals surface area (Å²) in [5.74, 6) is 3.32. The molecule has 23 nitrogen and oxygen atoms in total. The lowest BCUT2D eigenvalue weighted by Gasteiger charge is -2.27. The van der Waals surface area contributed by atoms with Gasteiger partial charge in [-0.25, -0.2) is 49.7 Å². The Morgan fingerprint density at radius 3 is 1.06 bits per heavy atom. The van der Waals surface area contributed by atoms with Crippen molar-refractivity contribution in [1.29, 1.82) is 0 Å². The minimum Gasteiger partial charge on any atom is -0.378 e. The topological polar surface area (TPSA) is 274 Å². The van der Waals surface area contributed by atoms with Gasteiger partial charge in [0.2, 0.25) is 17.8 Å². The summed E-state index contributed by atoms with van der Waals surface area (Å²) in [6, 6.07) is 53.5. The average molecular weight is 1410 g/mol. The second-order valence-electron chi connectivity index (χ2n) is 25.4. The molecule has 0 unspecified atom stereocenters. The van der Waals surface area contributed by atoms with E-state index in [0.717, 1.165) is 202 Å². The molecule has 0 spiro atoms. The summed E-state index contributed by atoms with van der Waals surface area (Å²) < 4.78 is 5.32. The first kappa shape index (κ1) is 74.7. The molecule has 3 saturated heterocycles. The van der Waals surface area contributed by atoms with Gasteiger partial charge >= 0.3 is 5.69 Å². The van der Waals surface area contributed by atoms with Crippen LogP contribution >= 0.6 is 0 Å². The number of rotatable bonds is 12. The molecule has 11 aromatic heterocycles. The number of aromatic amines is 1. The highest BCUT2D eigenvalue weighted by atomic mass is 16.5. The van der Waals surface area contributed by atoms with Crippen LogP contribution in [0.2, 0.25) is 0 Å². The van der Waals surface area contributed by atoms with Crippen molar-refractivity contribution in [3.63, 3.8) is 0 Å². The van der Waals surface area contributed by atoms with Crippen LogP contribution in [0.5, 0.6) is 0 Å². The van der Waals surface area contributed by atoms with Gasteiger partial charge in [-0.15, -0.1) is 0 Å². The molecule has 0 amide bonds. The molecule has 23 heteroatoms. The van der Waals surface area contributed by atoms with Gasteiger partial charge in [-0.05, 0) is 140 Å². The van der Waals surface area contributed by atoms with E-state index in [0.29, 0.717) is 6.42 Å². The van der Waals surface area contributed by atoms with E-state index in [9.17, 15) is 9.59 Å². The van der Waals surface area contributed by atoms with Crippen LogP contribution in [-0.4, -0.2) is 151 Å². The summed E-state index contributed by atoms with van der Waals surface area (Å²) >= 11 is 0. The molecule has 3 aliphatic heterocycles. The van der Waals surface area contributed by atoms with Crippen LogP contribution in [0.3, 0.4) is 0 Å². The van der Waals surface area contributed by atoms with Gasteiger partial charge in [-0.3, -0.25) is 34.7 Å². The Morgan fingerprint density at radius 2 is 0.698 bits per heavy atom. The molecule has 2 N–H and O–H groups in total. The number of aryl methyl sites for hydroxylation is 6. The summed E-state index contributed by atoms with van der Waals surface area (Å²) in [4.78, 5) is 96.6. The second kappa shape index (κ2) is 38.2. The van der Waals surface area contributed by atoms with Crippen molar-refractivity contribution in [2.24, 2.45) is 0 Å². The highest BCUT2D eigenvalue weighted by molar-refractivity contribution is 5.78. The highest BCUT2D eigenvalue weighted by Gasteiger charge is 2.17. The van der Waals surface area contributed by atoms with Crippen molar-refractivity contribution >= 4 is 23.6 Å². The molecule has 0 radical (unpaired) electrons. The number of nitrogens with zero attached hydrogens (tertiary/aromatic N) is 18. The van der Waals surface area contributed by atoms with Crippen LogP contribution in [0.4, 0.5) is 17.8 Å². The van der Waals surface area contributed by atoms with E-state index in [1.807, 2.05) is 255 Å². The molecule has 536 valence electrons. The zero-order valence-corrected chi connectivity index (χ0v) is 60.8. The molecule has 2 aromatic carbocycles. The summed E-state index contributed by atoms with van der Waals surface area (Å²) in [5, 5.41) is 3.32. The third kappa shape index (κ3) is 22.5. The number of benzene rings is 2. The lowest BCUT2D eigenvalue weighted by atomic mass is 10.1. The fraction of sp³-hybridized carbons (Fsp3) is 0.241. The number of pyridine rings is 6. The quantitative estimate of drug-likeness (QED) is 0.115. The Bertz CT molecular complexity index is 4840. The number of aromatic nitrogens is 16. The number of ether oxygens (including phenoxy) is 1. The van der Waals surface area contributed by atoms with Gasteiger partial charge in [-0.1, -0.05) is 91.0 Å². The molecule has 0 aliphatic carbocycles. The summed E-state index contributed by atoms with van der Waals surface area (Å²) in [6.45, 7) is 22.7. The van der Waals surface area contributed by atoms with Gasteiger partial charge in [0.25, 0.3) is 0 Å². The predicted octanol–water partition coefficient (Wildman–Crippen LogP) is 13.2. The molecule has 14 heterocycles. The largest absolute Gasteiger partial charge is 0.378 e. The van der Waals surface area contributed by atoms with E-state index in [4.69, 9.17) is 4.74 Å². The maximum atomic E-state index is 11.0. The van der Waals surface area contributed by atoms with Gasteiger partial charge in [-0.2, -0.15) is 0 Å². The van der Waals surface area contributed by atoms with Crippen LogP contribution in [-0.2, 0) is 16.0 Å². The minimum atomic E-state index is -0.346. The van der Waals surface area contributed by atoms with E-state index >= 15 is 0 Å². The fourth-order valence-electron chi connectivity index (χ4n) is 11.4. The van der Waals surface area contributed by atoms with Gasteiger partial charge in [0.15, 0.2) is 5.82 Å². The first-order chi connectivity index (χ1) is 51.7. The maximum absolute atomic E-state index is 11.0. The number of piperazine rings is 1. The van der Waals surface area contributed by atoms with E-state index < -0.39 is 0 Å². The second-order valence-corrected chi connectivity index (χ2v) is 25.4. The van der Waals surface area contributed by atoms with Crippen molar-refractivity contribution in [2.75, 3.05) is 80.3 Å². The predicted molar refractivity (Wildman–Crippen MR) is 417 cm³/mol. The summed E-state index contributed by atoms with van der Waals surface area (Å²) in [5.41, 5.74) is 18.8. The van der Waals surface area contributed by atoms with Crippen molar-refractivity contribution in [3.05, 3.63) is 276 Å². The Balaban J connectivity index is 0.000000127. The Kier molecular flexibility index (Phi) is 26.9. The van der Waals surface area contributed by atoms with E-state index in [1.54, 1.807) is 13.1 Å². The van der Waals surface area contributed by atoms with E-state index in [1.165, 1.54) is 19.0 Å². The first-order valence-electron chi connectivity index (χ1n) is 35.4. The number of carbonyl (C=O) groups is 1. The monoisotopic (exact) mass is 1410 g/mol. The number of carbonyl (C=O) groups excluding carboxylic acids is 1. The van der Waals surface area contributed by atoms with Crippen LogP contribution in [0, 0.1) is 41.5 Å². The molecule has 0 atom stereocenters. The van der Waals surface area contributed by atoms with Crippen molar-refractivity contribution in [3.8, 4) is 78.9 Å². The lowest BCUT2D eigenvalue weighted by Crippen LogP contribution is -2.44. The summed E-state index contributed by atoms with van der Waals surface area (Å²) in [7, 11) is 0. The zero-order valence-electron chi connectivity index (χ0n) is 60.8. The number of hydrogen-bond donors (Lipinski definition) is 2. The number of Topliss-reactive ketones (excluding diaryl/α,β-unsaturated/α-hetero) is 1. The lowest BCUT2D eigenvalue weighted by molar-refractivity contribution is -0.116.